The van der Waals surface area contributed by atoms with E-state index in [0.717, 1.165) is 24.4 Å². The fourth-order valence-electron chi connectivity index (χ4n) is 1.62. The topological polar surface area (TPSA) is 41.6 Å². The number of carbonyl (C=O) groups excluding carboxylic acids is 1. The minimum absolute atomic E-state index is 0.224. The zero-order valence-corrected chi connectivity index (χ0v) is 12.9. The molecule has 1 rings (SSSR count). The third-order valence-electron chi connectivity index (χ3n) is 2.82. The highest BCUT2D eigenvalue weighted by atomic mass is 32.1. The summed E-state index contributed by atoms with van der Waals surface area (Å²) in [7, 11) is 1.62. The van der Waals surface area contributed by atoms with E-state index >= 15 is 0 Å². The summed E-state index contributed by atoms with van der Waals surface area (Å²) >= 11 is 5.16. The van der Waals surface area contributed by atoms with E-state index in [2.05, 4.69) is 5.32 Å². The standard InChI is InChI=1S/C15H20N2O2S/c1-4-17(5-2)15(20)16-14(18)11-8-12-6-9-13(19-3)10-7-12/h6-11H,4-5H2,1-3H3,(H,16,18,20). The van der Waals surface area contributed by atoms with Crippen molar-refractivity contribution in [2.75, 3.05) is 20.2 Å². The van der Waals surface area contributed by atoms with E-state index in [4.69, 9.17) is 17.0 Å². The summed E-state index contributed by atoms with van der Waals surface area (Å²) in [6.45, 7) is 5.54. The SMILES string of the molecule is CCN(CC)C(=S)NC(=O)C=Cc1ccc(OC)cc1. The Morgan fingerprint density at radius 1 is 1.30 bits per heavy atom. The quantitative estimate of drug-likeness (QED) is 0.668. The van der Waals surface area contributed by atoms with Gasteiger partial charge < -0.3 is 9.64 Å². The second-order valence-electron chi connectivity index (χ2n) is 4.07. The van der Waals surface area contributed by atoms with Crippen molar-refractivity contribution in [2.24, 2.45) is 0 Å². The van der Waals surface area contributed by atoms with E-state index in [9.17, 15) is 4.79 Å². The van der Waals surface area contributed by atoms with Crippen LogP contribution in [0.15, 0.2) is 30.3 Å². The van der Waals surface area contributed by atoms with Gasteiger partial charge in [0.1, 0.15) is 5.75 Å². The summed E-state index contributed by atoms with van der Waals surface area (Å²) in [6.07, 6.45) is 3.21. The monoisotopic (exact) mass is 292 g/mol. The van der Waals surface area contributed by atoms with Gasteiger partial charge >= 0.3 is 0 Å². The molecular weight excluding hydrogens is 272 g/mol. The maximum atomic E-state index is 11.7. The molecule has 20 heavy (non-hydrogen) atoms. The van der Waals surface area contributed by atoms with Crippen molar-refractivity contribution in [3.8, 4) is 5.75 Å². The van der Waals surface area contributed by atoms with E-state index in [1.54, 1.807) is 13.2 Å². The molecule has 0 aliphatic carbocycles. The first-order valence-corrected chi connectivity index (χ1v) is 6.93. The number of ether oxygens (including phenoxy) is 1. The second-order valence-corrected chi connectivity index (χ2v) is 4.46. The number of carbonyl (C=O) groups is 1. The van der Waals surface area contributed by atoms with Gasteiger partial charge in [0.25, 0.3) is 0 Å². The highest BCUT2D eigenvalue weighted by molar-refractivity contribution is 7.80. The van der Waals surface area contributed by atoms with Crippen LogP contribution in [0, 0.1) is 0 Å². The van der Waals surface area contributed by atoms with Gasteiger partial charge in [-0.15, -0.1) is 0 Å². The molecule has 0 radical (unpaired) electrons. The Morgan fingerprint density at radius 2 is 1.90 bits per heavy atom. The Bertz CT molecular complexity index is 479. The van der Waals surface area contributed by atoms with Gasteiger partial charge in [0.2, 0.25) is 5.91 Å². The van der Waals surface area contributed by atoms with Crippen molar-refractivity contribution in [3.05, 3.63) is 35.9 Å². The van der Waals surface area contributed by atoms with Crippen LogP contribution in [0.4, 0.5) is 0 Å². The number of benzene rings is 1. The van der Waals surface area contributed by atoms with Gasteiger partial charge in [0.15, 0.2) is 5.11 Å². The molecule has 0 atom stereocenters. The van der Waals surface area contributed by atoms with Gasteiger partial charge in [-0.3, -0.25) is 10.1 Å². The van der Waals surface area contributed by atoms with Crippen molar-refractivity contribution in [2.45, 2.75) is 13.8 Å². The molecule has 1 aromatic carbocycles. The van der Waals surface area contributed by atoms with Gasteiger partial charge in [-0.2, -0.15) is 0 Å². The summed E-state index contributed by atoms with van der Waals surface area (Å²) in [6, 6.07) is 7.45. The molecule has 0 heterocycles. The molecule has 0 unspecified atom stereocenters. The maximum Gasteiger partial charge on any atom is 0.250 e. The van der Waals surface area contributed by atoms with Crippen LogP contribution in [-0.2, 0) is 4.79 Å². The minimum atomic E-state index is -0.224. The fraction of sp³-hybridized carbons (Fsp3) is 0.333. The Morgan fingerprint density at radius 3 is 2.40 bits per heavy atom. The van der Waals surface area contributed by atoms with Gasteiger partial charge in [-0.05, 0) is 49.8 Å². The zero-order chi connectivity index (χ0) is 15.0. The van der Waals surface area contributed by atoms with Gasteiger partial charge in [0, 0.05) is 19.2 Å². The summed E-state index contributed by atoms with van der Waals surface area (Å²) in [4.78, 5) is 13.7. The van der Waals surface area contributed by atoms with Crippen molar-refractivity contribution in [1.82, 2.24) is 10.2 Å². The van der Waals surface area contributed by atoms with Crippen LogP contribution < -0.4 is 10.1 Å². The second kappa shape index (κ2) is 8.32. The number of hydrogen-bond acceptors (Lipinski definition) is 3. The molecule has 0 fully saturated rings. The number of nitrogens with one attached hydrogen (secondary N) is 1. The van der Waals surface area contributed by atoms with E-state index < -0.39 is 0 Å². The molecule has 0 bridgehead atoms. The molecule has 1 amide bonds. The molecule has 0 aliphatic rings. The Kier molecular flexibility index (Phi) is 6.73. The normalized spacial score (nSPS) is 10.3. The van der Waals surface area contributed by atoms with E-state index in [1.807, 2.05) is 43.0 Å². The third kappa shape index (κ3) is 5.01. The number of thiocarbonyl (C=S) groups is 1. The molecule has 0 aromatic heterocycles. The zero-order valence-electron chi connectivity index (χ0n) is 12.1. The van der Waals surface area contributed by atoms with Crippen LogP contribution >= 0.6 is 12.2 Å². The van der Waals surface area contributed by atoms with Crippen molar-refractivity contribution in [3.63, 3.8) is 0 Å². The Balaban J connectivity index is 2.56. The first-order valence-electron chi connectivity index (χ1n) is 6.52. The summed E-state index contributed by atoms with van der Waals surface area (Å²) in [5.41, 5.74) is 0.926. The van der Waals surface area contributed by atoms with Crippen LogP contribution in [0.3, 0.4) is 0 Å². The lowest BCUT2D eigenvalue weighted by Crippen LogP contribution is -2.41. The number of methoxy groups -OCH3 is 1. The molecule has 0 saturated heterocycles. The van der Waals surface area contributed by atoms with Gasteiger partial charge in [-0.1, -0.05) is 12.1 Å². The summed E-state index contributed by atoms with van der Waals surface area (Å²) < 4.78 is 5.07. The van der Waals surface area contributed by atoms with Crippen molar-refractivity contribution < 1.29 is 9.53 Å². The molecule has 1 aromatic rings. The van der Waals surface area contributed by atoms with Crippen LogP contribution in [0.1, 0.15) is 19.4 Å². The molecule has 4 nitrogen and oxygen atoms in total. The van der Waals surface area contributed by atoms with Crippen molar-refractivity contribution >= 4 is 29.3 Å². The van der Waals surface area contributed by atoms with Crippen LogP contribution in [0.25, 0.3) is 6.08 Å². The average molecular weight is 292 g/mol. The summed E-state index contributed by atoms with van der Waals surface area (Å²) in [5, 5.41) is 3.14. The maximum absolute atomic E-state index is 11.7. The molecule has 108 valence electrons. The molecular formula is C15H20N2O2S. The third-order valence-corrected chi connectivity index (χ3v) is 3.18. The molecule has 5 heteroatoms. The first-order chi connectivity index (χ1) is 9.60. The summed E-state index contributed by atoms with van der Waals surface area (Å²) in [5.74, 6) is 0.562. The van der Waals surface area contributed by atoms with Crippen LogP contribution in [0.5, 0.6) is 5.75 Å². The molecule has 0 saturated carbocycles. The number of amides is 1. The van der Waals surface area contributed by atoms with E-state index in [1.165, 1.54) is 6.08 Å². The largest absolute Gasteiger partial charge is 0.497 e. The Labute approximate surface area is 125 Å². The lowest BCUT2D eigenvalue weighted by molar-refractivity contribution is -0.115. The lowest BCUT2D eigenvalue weighted by atomic mass is 10.2. The van der Waals surface area contributed by atoms with Crippen LogP contribution in [-0.4, -0.2) is 36.1 Å². The highest BCUT2D eigenvalue weighted by Crippen LogP contribution is 2.12. The van der Waals surface area contributed by atoms with E-state index in [0.29, 0.717) is 5.11 Å². The predicted molar refractivity (Wildman–Crippen MR) is 85.7 cm³/mol. The predicted octanol–water partition coefficient (Wildman–Crippen LogP) is 2.45. The van der Waals surface area contributed by atoms with Crippen molar-refractivity contribution in [1.29, 1.82) is 0 Å². The minimum Gasteiger partial charge on any atom is -0.497 e. The molecule has 0 spiro atoms. The molecule has 1 N–H and O–H groups in total. The van der Waals surface area contributed by atoms with Gasteiger partial charge in [0.05, 0.1) is 7.11 Å². The number of hydrogen-bond donors (Lipinski definition) is 1. The van der Waals surface area contributed by atoms with E-state index in [-0.39, 0.29) is 5.91 Å². The lowest BCUT2D eigenvalue weighted by Gasteiger charge is -2.21. The molecule has 0 aliphatic heterocycles. The Hall–Kier alpha value is -1.88. The average Bonchev–Trinajstić information content (AvgIpc) is 2.47. The fourth-order valence-corrected chi connectivity index (χ4v) is 1.98. The smallest absolute Gasteiger partial charge is 0.250 e. The van der Waals surface area contributed by atoms with Gasteiger partial charge in [-0.25, -0.2) is 0 Å². The number of nitrogens with zero attached hydrogens (tertiary/aromatic N) is 1. The first kappa shape index (κ1) is 16.2. The van der Waals surface area contributed by atoms with Crippen LogP contribution in [0.2, 0.25) is 0 Å². The number of rotatable bonds is 5. The highest BCUT2D eigenvalue weighted by Gasteiger charge is 2.06.